The Labute approximate surface area is 113 Å². The molecule has 0 aromatic carbocycles. The average Bonchev–Trinajstić information content (AvgIpc) is 2.63. The van der Waals surface area contributed by atoms with Gasteiger partial charge >= 0.3 is 0 Å². The van der Waals surface area contributed by atoms with E-state index < -0.39 is 0 Å². The topological polar surface area (TPSA) is 62.5 Å². The van der Waals surface area contributed by atoms with Crippen molar-refractivity contribution < 1.29 is 4.79 Å². The van der Waals surface area contributed by atoms with Crippen LogP contribution in [0.25, 0.3) is 0 Å². The Bertz CT molecular complexity index is 473. The van der Waals surface area contributed by atoms with Crippen molar-refractivity contribution in [1.29, 1.82) is 0 Å². The Balaban J connectivity index is 1.75. The van der Waals surface area contributed by atoms with Crippen molar-refractivity contribution in [3.63, 3.8) is 0 Å². The normalized spacial score (nSPS) is 27.3. The highest BCUT2D eigenvalue weighted by molar-refractivity contribution is 5.94. The predicted molar refractivity (Wildman–Crippen MR) is 73.7 cm³/mol. The zero-order valence-corrected chi connectivity index (χ0v) is 11.2. The third-order valence-corrected chi connectivity index (χ3v) is 4.47. The van der Waals surface area contributed by atoms with Crippen LogP contribution in [-0.4, -0.2) is 52.9 Å². The third-order valence-electron chi connectivity index (χ3n) is 4.47. The molecule has 0 spiro atoms. The zero-order valence-electron chi connectivity index (χ0n) is 11.2. The van der Waals surface area contributed by atoms with E-state index >= 15 is 0 Å². The van der Waals surface area contributed by atoms with Crippen molar-refractivity contribution in [2.45, 2.75) is 31.3 Å². The molecule has 1 aromatic heterocycles. The molecule has 2 aliphatic heterocycles. The highest BCUT2D eigenvalue weighted by Gasteiger charge is 2.36. The quantitative estimate of drug-likeness (QED) is 0.817. The van der Waals surface area contributed by atoms with Crippen LogP contribution in [0.15, 0.2) is 18.3 Å². The number of rotatable bonds is 1. The van der Waals surface area contributed by atoms with Crippen LogP contribution in [0.5, 0.6) is 0 Å². The van der Waals surface area contributed by atoms with Crippen LogP contribution in [0.4, 0.5) is 5.82 Å². The molecule has 0 radical (unpaired) electrons. The van der Waals surface area contributed by atoms with Crippen molar-refractivity contribution >= 4 is 11.7 Å². The number of anilines is 1. The van der Waals surface area contributed by atoms with Crippen LogP contribution in [0.2, 0.25) is 0 Å². The number of carbonyl (C=O) groups is 1. The summed E-state index contributed by atoms with van der Waals surface area (Å²) in [4.78, 5) is 20.9. The molecule has 2 N–H and O–H groups in total. The third kappa shape index (κ3) is 2.30. The number of likely N-dealkylation sites (N-methyl/N-ethyl adjacent to an activating group) is 1. The molecule has 2 bridgehead atoms. The van der Waals surface area contributed by atoms with Gasteiger partial charge in [-0.2, -0.15) is 0 Å². The van der Waals surface area contributed by atoms with E-state index in [2.05, 4.69) is 16.9 Å². The number of nitrogens with two attached hydrogens (primary N) is 1. The molecule has 2 aliphatic rings. The summed E-state index contributed by atoms with van der Waals surface area (Å²) in [5.74, 6) is 0.527. The minimum absolute atomic E-state index is 0.0773. The SMILES string of the molecule is CN1C2CCC1CN(C(=O)c1ccc(N)nc1)CC2. The Hall–Kier alpha value is -1.62. The van der Waals surface area contributed by atoms with E-state index in [0.717, 1.165) is 19.5 Å². The second-order valence-corrected chi connectivity index (χ2v) is 5.56. The number of amides is 1. The van der Waals surface area contributed by atoms with E-state index in [9.17, 15) is 4.79 Å². The molecular formula is C14H20N4O. The van der Waals surface area contributed by atoms with Crippen molar-refractivity contribution in [3.8, 4) is 0 Å². The molecule has 102 valence electrons. The summed E-state index contributed by atoms with van der Waals surface area (Å²) < 4.78 is 0. The van der Waals surface area contributed by atoms with Gasteiger partial charge in [0.25, 0.3) is 5.91 Å². The van der Waals surface area contributed by atoms with Gasteiger partial charge in [0.15, 0.2) is 0 Å². The molecule has 5 heteroatoms. The molecule has 0 aliphatic carbocycles. The van der Waals surface area contributed by atoms with Gasteiger partial charge in [-0.3, -0.25) is 9.69 Å². The van der Waals surface area contributed by atoms with Gasteiger partial charge in [0.1, 0.15) is 5.82 Å². The van der Waals surface area contributed by atoms with Crippen molar-refractivity contribution in [2.75, 3.05) is 25.9 Å². The molecule has 2 unspecified atom stereocenters. The summed E-state index contributed by atoms with van der Waals surface area (Å²) in [5.41, 5.74) is 6.19. The highest BCUT2D eigenvalue weighted by Crippen LogP contribution is 2.28. The lowest BCUT2D eigenvalue weighted by Gasteiger charge is -2.25. The minimum Gasteiger partial charge on any atom is -0.384 e. The Morgan fingerprint density at radius 1 is 1.32 bits per heavy atom. The number of carbonyl (C=O) groups excluding carboxylic acids is 1. The lowest BCUT2D eigenvalue weighted by molar-refractivity contribution is 0.0740. The van der Waals surface area contributed by atoms with E-state index in [4.69, 9.17) is 5.73 Å². The molecule has 1 amide bonds. The molecule has 5 nitrogen and oxygen atoms in total. The first-order chi connectivity index (χ1) is 9.15. The van der Waals surface area contributed by atoms with Crippen LogP contribution in [0.3, 0.4) is 0 Å². The zero-order chi connectivity index (χ0) is 13.4. The average molecular weight is 260 g/mol. The van der Waals surface area contributed by atoms with Gasteiger partial charge in [-0.1, -0.05) is 0 Å². The first kappa shape index (κ1) is 12.4. The molecule has 1 aromatic rings. The van der Waals surface area contributed by atoms with E-state index in [1.54, 1.807) is 18.3 Å². The maximum absolute atomic E-state index is 12.5. The van der Waals surface area contributed by atoms with Crippen LogP contribution in [-0.2, 0) is 0 Å². The highest BCUT2D eigenvalue weighted by atomic mass is 16.2. The molecule has 0 saturated carbocycles. The lowest BCUT2D eigenvalue weighted by Crippen LogP contribution is -2.39. The molecule has 3 heterocycles. The summed E-state index contributed by atoms with van der Waals surface area (Å²) in [6.45, 7) is 1.67. The second kappa shape index (κ2) is 4.81. The summed E-state index contributed by atoms with van der Waals surface area (Å²) >= 11 is 0. The maximum atomic E-state index is 12.5. The van der Waals surface area contributed by atoms with Crippen LogP contribution in [0.1, 0.15) is 29.6 Å². The van der Waals surface area contributed by atoms with Gasteiger partial charge in [-0.15, -0.1) is 0 Å². The molecular weight excluding hydrogens is 240 g/mol. The van der Waals surface area contributed by atoms with E-state index in [-0.39, 0.29) is 5.91 Å². The second-order valence-electron chi connectivity index (χ2n) is 5.56. The lowest BCUT2D eigenvalue weighted by atomic mass is 10.1. The van der Waals surface area contributed by atoms with Gasteiger partial charge in [-0.05, 0) is 38.4 Å². The smallest absolute Gasteiger partial charge is 0.255 e. The molecule has 2 saturated heterocycles. The van der Waals surface area contributed by atoms with Crippen LogP contribution >= 0.6 is 0 Å². The number of pyridine rings is 1. The Kier molecular flexibility index (Phi) is 3.14. The monoisotopic (exact) mass is 260 g/mol. The summed E-state index contributed by atoms with van der Waals surface area (Å²) in [6, 6.07) is 4.60. The molecule has 2 atom stereocenters. The fourth-order valence-electron chi connectivity index (χ4n) is 3.21. The minimum atomic E-state index is 0.0773. The van der Waals surface area contributed by atoms with Crippen molar-refractivity contribution in [1.82, 2.24) is 14.8 Å². The number of likely N-dealkylation sites (tertiary alicyclic amines) is 1. The van der Waals surface area contributed by atoms with Crippen LogP contribution < -0.4 is 5.73 Å². The number of hydrogen-bond acceptors (Lipinski definition) is 4. The van der Waals surface area contributed by atoms with Gasteiger partial charge in [0, 0.05) is 31.4 Å². The first-order valence-electron chi connectivity index (χ1n) is 6.88. The maximum Gasteiger partial charge on any atom is 0.255 e. The van der Waals surface area contributed by atoms with Gasteiger partial charge < -0.3 is 10.6 Å². The Morgan fingerprint density at radius 2 is 2.11 bits per heavy atom. The number of fused-ring (bicyclic) bond motifs is 2. The fraction of sp³-hybridized carbons (Fsp3) is 0.571. The van der Waals surface area contributed by atoms with Gasteiger partial charge in [-0.25, -0.2) is 4.98 Å². The van der Waals surface area contributed by atoms with E-state index in [1.165, 1.54) is 12.8 Å². The van der Waals surface area contributed by atoms with Crippen molar-refractivity contribution in [2.24, 2.45) is 0 Å². The van der Waals surface area contributed by atoms with Crippen LogP contribution in [0, 0.1) is 0 Å². The Morgan fingerprint density at radius 3 is 2.84 bits per heavy atom. The summed E-state index contributed by atoms with van der Waals surface area (Å²) in [5, 5.41) is 0. The summed E-state index contributed by atoms with van der Waals surface area (Å²) in [6.07, 6.45) is 5.11. The molecule has 3 rings (SSSR count). The molecule has 19 heavy (non-hydrogen) atoms. The number of aromatic nitrogens is 1. The van der Waals surface area contributed by atoms with E-state index in [0.29, 0.717) is 23.5 Å². The van der Waals surface area contributed by atoms with Gasteiger partial charge in [0.05, 0.1) is 5.56 Å². The number of nitrogen functional groups attached to an aromatic ring is 1. The standard InChI is InChI=1S/C14H20N4O/c1-17-11-3-4-12(17)9-18(7-6-11)14(19)10-2-5-13(15)16-8-10/h2,5,8,11-12H,3-4,6-7,9H2,1H3,(H2,15,16). The van der Waals surface area contributed by atoms with E-state index in [1.807, 2.05) is 4.90 Å². The van der Waals surface area contributed by atoms with Crippen molar-refractivity contribution in [3.05, 3.63) is 23.9 Å². The predicted octanol–water partition coefficient (Wildman–Crippen LogP) is 0.972. The number of nitrogens with zero attached hydrogens (tertiary/aromatic N) is 3. The molecule has 2 fully saturated rings. The number of hydrogen-bond donors (Lipinski definition) is 1. The first-order valence-corrected chi connectivity index (χ1v) is 6.88. The largest absolute Gasteiger partial charge is 0.384 e. The summed E-state index contributed by atoms with van der Waals surface area (Å²) in [7, 11) is 2.18. The fourth-order valence-corrected chi connectivity index (χ4v) is 3.21. The van der Waals surface area contributed by atoms with Gasteiger partial charge in [0.2, 0.25) is 0 Å².